The number of hydrogen-bond donors (Lipinski definition) is 1. The van der Waals surface area contributed by atoms with Gasteiger partial charge in [0.25, 0.3) is 5.79 Å². The SMILES string of the molecule is CC1(c2ccc(Cl)cn2)Oc2cccc(C3[C@H]4CN(Cc5nc6ccc(C(=O)O)cc6n5C[C@@H]5CCO5)C[C@@H]34)c2O1. The maximum Gasteiger partial charge on any atom is 0.335 e. The molecule has 3 aliphatic heterocycles. The maximum absolute atomic E-state index is 11.6. The van der Waals surface area contributed by atoms with E-state index in [2.05, 4.69) is 20.5 Å². The van der Waals surface area contributed by atoms with Crippen molar-refractivity contribution < 1.29 is 24.1 Å². The van der Waals surface area contributed by atoms with E-state index in [1.807, 2.05) is 31.2 Å². The van der Waals surface area contributed by atoms with Crippen molar-refractivity contribution in [3.8, 4) is 11.5 Å². The molecule has 41 heavy (non-hydrogen) atoms. The minimum atomic E-state index is -0.997. The zero-order chi connectivity index (χ0) is 27.9. The summed E-state index contributed by atoms with van der Waals surface area (Å²) in [7, 11) is 0. The highest BCUT2D eigenvalue weighted by atomic mass is 35.5. The van der Waals surface area contributed by atoms with Crippen molar-refractivity contribution in [1.29, 1.82) is 0 Å². The normalized spacial score (nSPS) is 28.0. The molecule has 0 amide bonds. The number of likely N-dealkylation sites (tertiary alicyclic amines) is 1. The third-order valence-electron chi connectivity index (χ3n) is 9.05. The number of ether oxygens (including phenoxy) is 3. The van der Waals surface area contributed by atoms with Crippen LogP contribution in [0.1, 0.15) is 46.7 Å². The second-order valence-corrected chi connectivity index (χ2v) is 12.1. The number of aromatic nitrogens is 3. The number of carboxylic acids is 1. The Kier molecular flexibility index (Phi) is 5.61. The number of carbonyl (C=O) groups is 1. The van der Waals surface area contributed by atoms with Gasteiger partial charge in [0.15, 0.2) is 11.5 Å². The molecule has 2 unspecified atom stereocenters. The summed E-state index contributed by atoms with van der Waals surface area (Å²) in [6, 6.07) is 15.0. The van der Waals surface area contributed by atoms with Crippen LogP contribution in [-0.2, 0) is 23.6 Å². The van der Waals surface area contributed by atoms with Gasteiger partial charge in [-0.3, -0.25) is 9.88 Å². The number of fused-ring (bicyclic) bond motifs is 3. The standard InChI is InChI=1S/C31H29ClN4O5/c1-31(26-8-6-18(32)12-33-26)40-25-4-2-3-20(29(25)41-31)28-21-14-35(15-22(21)28)16-27-34-23-7-5-17(30(37)38)11-24(23)36(27)13-19-9-10-39-19/h2-8,11-12,19,21-22,28H,9-10,13-16H2,1H3,(H,37,38)/t19-,21-,22+,28?,31?/m0/s1. The van der Waals surface area contributed by atoms with Crippen LogP contribution in [0.2, 0.25) is 5.02 Å². The number of carboxylic acid groups (broad SMARTS) is 1. The zero-order valence-electron chi connectivity index (χ0n) is 22.5. The number of benzene rings is 2. The summed E-state index contributed by atoms with van der Waals surface area (Å²) in [6.45, 7) is 6.02. The van der Waals surface area contributed by atoms with Gasteiger partial charge in [0.05, 0.1) is 40.8 Å². The van der Waals surface area contributed by atoms with Crippen LogP contribution < -0.4 is 9.47 Å². The molecule has 5 atom stereocenters. The second-order valence-electron chi connectivity index (χ2n) is 11.7. The Morgan fingerprint density at radius 1 is 1.15 bits per heavy atom. The quantitative estimate of drug-likeness (QED) is 0.328. The Morgan fingerprint density at radius 3 is 2.68 bits per heavy atom. The number of hydrogen-bond acceptors (Lipinski definition) is 7. The molecule has 1 N–H and O–H groups in total. The van der Waals surface area contributed by atoms with Crippen molar-refractivity contribution in [2.24, 2.45) is 11.8 Å². The van der Waals surface area contributed by atoms with Crippen LogP contribution in [0.15, 0.2) is 54.7 Å². The molecule has 5 heterocycles. The summed E-state index contributed by atoms with van der Waals surface area (Å²) in [5, 5.41) is 10.1. The minimum absolute atomic E-state index is 0.146. The fourth-order valence-electron chi connectivity index (χ4n) is 6.83. The highest BCUT2D eigenvalue weighted by molar-refractivity contribution is 6.30. The lowest BCUT2D eigenvalue weighted by molar-refractivity contribution is -0.0721. The van der Waals surface area contributed by atoms with Crippen LogP contribution in [0.5, 0.6) is 11.5 Å². The van der Waals surface area contributed by atoms with Gasteiger partial charge in [-0.1, -0.05) is 23.7 Å². The van der Waals surface area contributed by atoms with Crippen molar-refractivity contribution in [2.45, 2.75) is 44.2 Å². The smallest absolute Gasteiger partial charge is 0.335 e. The first-order valence-electron chi connectivity index (χ1n) is 14.1. The van der Waals surface area contributed by atoms with Crippen LogP contribution >= 0.6 is 11.6 Å². The molecule has 0 radical (unpaired) electrons. The third-order valence-corrected chi connectivity index (χ3v) is 9.27. The predicted octanol–water partition coefficient (Wildman–Crippen LogP) is 5.06. The molecule has 4 aliphatic rings. The Morgan fingerprint density at radius 2 is 1.98 bits per heavy atom. The van der Waals surface area contributed by atoms with E-state index in [0.717, 1.165) is 61.0 Å². The van der Waals surface area contributed by atoms with E-state index >= 15 is 0 Å². The average molecular weight is 573 g/mol. The summed E-state index contributed by atoms with van der Waals surface area (Å²) in [4.78, 5) is 23.5. The summed E-state index contributed by atoms with van der Waals surface area (Å²) < 4.78 is 20.6. The molecule has 0 bridgehead atoms. The first kappa shape index (κ1) is 25.1. The summed E-state index contributed by atoms with van der Waals surface area (Å²) in [5.74, 6) is 2.09. The molecule has 1 aliphatic carbocycles. The van der Waals surface area contributed by atoms with Gasteiger partial charge in [-0.2, -0.15) is 0 Å². The fourth-order valence-corrected chi connectivity index (χ4v) is 6.94. The van der Waals surface area contributed by atoms with Gasteiger partial charge in [0, 0.05) is 38.4 Å². The largest absolute Gasteiger partial charge is 0.478 e. The van der Waals surface area contributed by atoms with Crippen molar-refractivity contribution in [3.05, 3.63) is 82.4 Å². The van der Waals surface area contributed by atoms with E-state index in [-0.39, 0.29) is 11.7 Å². The Bertz CT molecular complexity index is 1670. The minimum Gasteiger partial charge on any atom is -0.478 e. The number of pyridine rings is 1. The Hall–Kier alpha value is -3.66. The number of para-hydroxylation sites is 1. The fraction of sp³-hybridized carbons (Fsp3) is 0.387. The van der Waals surface area contributed by atoms with E-state index in [0.29, 0.717) is 35.0 Å². The average Bonchev–Trinajstić information content (AvgIpc) is 3.23. The summed E-state index contributed by atoms with van der Waals surface area (Å²) >= 11 is 6.04. The van der Waals surface area contributed by atoms with Crippen LogP contribution in [-0.4, -0.2) is 56.3 Å². The molecule has 2 saturated heterocycles. The molecule has 0 spiro atoms. The van der Waals surface area contributed by atoms with E-state index in [1.54, 1.807) is 24.4 Å². The van der Waals surface area contributed by atoms with Gasteiger partial charge >= 0.3 is 5.97 Å². The number of nitrogens with zero attached hydrogens (tertiary/aromatic N) is 4. The molecule has 8 rings (SSSR count). The zero-order valence-corrected chi connectivity index (χ0v) is 23.3. The van der Waals surface area contributed by atoms with Crippen molar-refractivity contribution in [3.63, 3.8) is 0 Å². The maximum atomic E-state index is 11.6. The Balaban J connectivity index is 1.00. The molecule has 4 aromatic rings. The molecule has 2 aromatic heterocycles. The summed E-state index contributed by atoms with van der Waals surface area (Å²) in [5.41, 5.74) is 3.83. The van der Waals surface area contributed by atoms with Gasteiger partial charge in [-0.25, -0.2) is 9.78 Å². The van der Waals surface area contributed by atoms with E-state index in [4.69, 9.17) is 30.8 Å². The lowest BCUT2D eigenvalue weighted by Gasteiger charge is -2.28. The van der Waals surface area contributed by atoms with E-state index in [1.165, 1.54) is 5.56 Å². The van der Waals surface area contributed by atoms with E-state index < -0.39 is 11.8 Å². The molecule has 3 fully saturated rings. The molecule has 210 valence electrons. The van der Waals surface area contributed by atoms with Crippen LogP contribution in [0, 0.1) is 11.8 Å². The van der Waals surface area contributed by atoms with Gasteiger partial charge in [-0.05, 0) is 60.6 Å². The number of rotatable bonds is 7. The lowest BCUT2D eigenvalue weighted by Crippen LogP contribution is -2.33. The van der Waals surface area contributed by atoms with Gasteiger partial charge in [0.1, 0.15) is 11.5 Å². The number of piperidine rings is 1. The first-order valence-corrected chi connectivity index (χ1v) is 14.4. The van der Waals surface area contributed by atoms with E-state index in [9.17, 15) is 9.90 Å². The number of halogens is 1. The summed E-state index contributed by atoms with van der Waals surface area (Å²) in [6.07, 6.45) is 2.76. The van der Waals surface area contributed by atoms with Gasteiger partial charge in [0.2, 0.25) is 0 Å². The first-order chi connectivity index (χ1) is 19.9. The molecule has 1 saturated carbocycles. The lowest BCUT2D eigenvalue weighted by atomic mass is 10.0. The predicted molar refractivity (Wildman–Crippen MR) is 150 cm³/mol. The topological polar surface area (TPSA) is 98.9 Å². The third kappa shape index (κ3) is 4.17. The monoisotopic (exact) mass is 572 g/mol. The molecular weight excluding hydrogens is 544 g/mol. The van der Waals surface area contributed by atoms with Gasteiger partial charge < -0.3 is 23.9 Å². The molecule has 9 nitrogen and oxygen atoms in total. The second kappa shape index (κ2) is 9.17. The van der Waals surface area contributed by atoms with Crippen LogP contribution in [0.3, 0.4) is 0 Å². The van der Waals surface area contributed by atoms with Crippen molar-refractivity contribution in [2.75, 3.05) is 19.7 Å². The number of imidazole rings is 1. The van der Waals surface area contributed by atoms with Crippen molar-refractivity contribution in [1.82, 2.24) is 19.4 Å². The molecular formula is C31H29ClN4O5. The molecule has 10 heteroatoms. The molecule has 2 aromatic carbocycles. The highest BCUT2D eigenvalue weighted by Crippen LogP contribution is 2.62. The Labute approximate surface area is 241 Å². The van der Waals surface area contributed by atoms with Crippen LogP contribution in [0.4, 0.5) is 0 Å². The highest BCUT2D eigenvalue weighted by Gasteiger charge is 2.58. The van der Waals surface area contributed by atoms with Gasteiger partial charge in [-0.15, -0.1) is 0 Å². The number of aromatic carboxylic acids is 1. The van der Waals surface area contributed by atoms with Crippen LogP contribution in [0.25, 0.3) is 11.0 Å². The van der Waals surface area contributed by atoms with Crippen molar-refractivity contribution >= 4 is 28.6 Å².